The normalized spacial score (nSPS) is 32.2. The van der Waals surface area contributed by atoms with Crippen molar-refractivity contribution in [1.82, 2.24) is 9.80 Å². The lowest BCUT2D eigenvalue weighted by atomic mass is 9.96. The van der Waals surface area contributed by atoms with Crippen molar-refractivity contribution in [2.24, 2.45) is 11.8 Å². The molecule has 3 atom stereocenters. The summed E-state index contributed by atoms with van der Waals surface area (Å²) in [6.07, 6.45) is 1.69. The minimum atomic E-state index is -0.829. The van der Waals surface area contributed by atoms with E-state index in [0.717, 1.165) is 12.8 Å². The number of likely N-dealkylation sites (tertiary alicyclic amines) is 2. The van der Waals surface area contributed by atoms with E-state index in [2.05, 4.69) is 0 Å². The van der Waals surface area contributed by atoms with Gasteiger partial charge in [-0.05, 0) is 25.2 Å². The van der Waals surface area contributed by atoms with Crippen molar-refractivity contribution in [3.05, 3.63) is 0 Å². The van der Waals surface area contributed by atoms with Crippen molar-refractivity contribution in [1.29, 1.82) is 0 Å². The lowest BCUT2D eigenvalue weighted by Crippen LogP contribution is -2.53. The Labute approximate surface area is 113 Å². The Hall–Kier alpha value is -1.30. The highest BCUT2D eigenvalue weighted by Crippen LogP contribution is 2.21. The van der Waals surface area contributed by atoms with Crippen molar-refractivity contribution in [2.45, 2.75) is 32.3 Å². The fourth-order valence-corrected chi connectivity index (χ4v) is 2.78. The number of hydrogen-bond acceptors (Lipinski definition) is 3. The van der Waals surface area contributed by atoms with Crippen LogP contribution in [0.5, 0.6) is 0 Å². The van der Waals surface area contributed by atoms with Crippen LogP contribution in [-0.4, -0.2) is 64.3 Å². The number of rotatable bonds is 1. The summed E-state index contributed by atoms with van der Waals surface area (Å²) in [6, 6.07) is -0.128. The maximum Gasteiger partial charge on any atom is 0.320 e. The van der Waals surface area contributed by atoms with Crippen LogP contribution in [-0.2, 0) is 4.79 Å². The van der Waals surface area contributed by atoms with E-state index in [1.54, 1.807) is 9.80 Å². The topological polar surface area (TPSA) is 81.1 Å². The molecular formula is C13H22N2O4. The van der Waals surface area contributed by atoms with Gasteiger partial charge >= 0.3 is 12.0 Å². The highest BCUT2D eigenvalue weighted by atomic mass is 16.4. The number of piperidine rings is 2. The molecule has 2 aliphatic rings. The van der Waals surface area contributed by atoms with Crippen molar-refractivity contribution in [2.75, 3.05) is 26.2 Å². The van der Waals surface area contributed by atoms with Gasteiger partial charge in [-0.25, -0.2) is 4.79 Å². The Morgan fingerprint density at radius 3 is 2.42 bits per heavy atom. The number of aliphatic hydroxyl groups is 1. The second-order valence-electron chi connectivity index (χ2n) is 5.69. The van der Waals surface area contributed by atoms with Gasteiger partial charge in [0.05, 0.1) is 12.0 Å². The fourth-order valence-electron chi connectivity index (χ4n) is 2.78. The molecule has 108 valence electrons. The molecule has 2 aliphatic heterocycles. The monoisotopic (exact) mass is 270 g/mol. The first-order chi connectivity index (χ1) is 8.99. The molecule has 19 heavy (non-hydrogen) atoms. The summed E-state index contributed by atoms with van der Waals surface area (Å²) >= 11 is 0. The molecule has 2 N–H and O–H groups in total. The van der Waals surface area contributed by atoms with Crippen LogP contribution in [0.15, 0.2) is 0 Å². The Morgan fingerprint density at radius 2 is 1.79 bits per heavy atom. The van der Waals surface area contributed by atoms with Gasteiger partial charge in [0, 0.05) is 26.2 Å². The Bertz CT molecular complexity index is 361. The number of nitrogens with zero attached hydrogens (tertiary/aromatic N) is 2. The van der Waals surface area contributed by atoms with Crippen LogP contribution in [0.4, 0.5) is 4.79 Å². The van der Waals surface area contributed by atoms with Gasteiger partial charge in [0.1, 0.15) is 0 Å². The van der Waals surface area contributed by atoms with Crippen molar-refractivity contribution >= 4 is 12.0 Å². The average Bonchev–Trinajstić information content (AvgIpc) is 2.41. The van der Waals surface area contributed by atoms with Gasteiger partial charge in [0.25, 0.3) is 0 Å². The molecule has 6 nitrogen and oxygen atoms in total. The molecule has 2 heterocycles. The van der Waals surface area contributed by atoms with Gasteiger partial charge in [-0.15, -0.1) is 0 Å². The standard InChI is InChI=1S/C13H22N2O4/c1-9-4-6-15(8-11(9)16)13(19)14-5-2-3-10(7-14)12(17)18/h9-11,16H,2-8H2,1H3,(H,17,18). The number of β-amino-alcohol motifs (C(OH)–C–C–N with tert-alkyl or cyclic N) is 1. The number of carboxylic acids is 1. The minimum absolute atomic E-state index is 0.128. The third-order valence-corrected chi connectivity index (χ3v) is 4.23. The van der Waals surface area contributed by atoms with Gasteiger partial charge in [-0.1, -0.05) is 6.92 Å². The van der Waals surface area contributed by atoms with Crippen molar-refractivity contribution in [3.8, 4) is 0 Å². The summed E-state index contributed by atoms with van der Waals surface area (Å²) in [7, 11) is 0. The molecule has 0 saturated carbocycles. The number of aliphatic hydroxyl groups excluding tert-OH is 1. The first-order valence-electron chi connectivity index (χ1n) is 6.93. The first kappa shape index (κ1) is 14.1. The lowest BCUT2D eigenvalue weighted by Gasteiger charge is -2.39. The summed E-state index contributed by atoms with van der Waals surface area (Å²) in [6.45, 7) is 3.88. The Kier molecular flexibility index (Phi) is 4.29. The molecule has 0 aromatic heterocycles. The van der Waals surface area contributed by atoms with Crippen molar-refractivity contribution in [3.63, 3.8) is 0 Å². The first-order valence-corrected chi connectivity index (χ1v) is 6.93. The largest absolute Gasteiger partial charge is 0.481 e. The second-order valence-corrected chi connectivity index (χ2v) is 5.69. The highest BCUT2D eigenvalue weighted by Gasteiger charge is 2.33. The zero-order valence-electron chi connectivity index (χ0n) is 11.3. The van der Waals surface area contributed by atoms with E-state index in [4.69, 9.17) is 5.11 Å². The third-order valence-electron chi connectivity index (χ3n) is 4.23. The number of amides is 2. The molecule has 0 aromatic carbocycles. The number of carboxylic acid groups (broad SMARTS) is 1. The van der Waals surface area contributed by atoms with Gasteiger partial charge < -0.3 is 20.0 Å². The van der Waals surface area contributed by atoms with Crippen LogP contribution in [0.1, 0.15) is 26.2 Å². The Morgan fingerprint density at radius 1 is 1.11 bits per heavy atom. The molecule has 0 aromatic rings. The molecule has 2 saturated heterocycles. The molecule has 2 amide bonds. The van der Waals surface area contributed by atoms with Crippen LogP contribution in [0, 0.1) is 11.8 Å². The van der Waals surface area contributed by atoms with Crippen LogP contribution >= 0.6 is 0 Å². The van der Waals surface area contributed by atoms with Gasteiger partial charge in [-0.3, -0.25) is 4.79 Å². The quantitative estimate of drug-likeness (QED) is 0.731. The minimum Gasteiger partial charge on any atom is -0.481 e. The maximum absolute atomic E-state index is 12.3. The van der Waals surface area contributed by atoms with E-state index in [1.807, 2.05) is 6.92 Å². The molecule has 0 radical (unpaired) electrons. The summed E-state index contributed by atoms with van der Waals surface area (Å²) in [5.74, 6) is -1.06. The molecule has 6 heteroatoms. The van der Waals surface area contributed by atoms with Gasteiger partial charge in [-0.2, -0.15) is 0 Å². The number of urea groups is 1. The zero-order valence-corrected chi connectivity index (χ0v) is 11.3. The van der Waals surface area contributed by atoms with Gasteiger partial charge in [0.15, 0.2) is 0 Å². The van der Waals surface area contributed by atoms with Crippen LogP contribution in [0.25, 0.3) is 0 Å². The number of hydrogen-bond donors (Lipinski definition) is 2. The SMILES string of the molecule is CC1CCN(C(=O)N2CCCC(C(=O)O)C2)CC1O. The maximum atomic E-state index is 12.3. The number of carbonyl (C=O) groups excluding carboxylic acids is 1. The molecule has 3 unspecified atom stereocenters. The van der Waals surface area contributed by atoms with E-state index in [1.165, 1.54) is 0 Å². The molecule has 0 spiro atoms. The zero-order chi connectivity index (χ0) is 14.0. The molecule has 0 bridgehead atoms. The Balaban J connectivity index is 1.94. The van der Waals surface area contributed by atoms with Crippen molar-refractivity contribution < 1.29 is 19.8 Å². The predicted octanol–water partition coefficient (Wildman–Crippen LogP) is 0.606. The lowest BCUT2D eigenvalue weighted by molar-refractivity contribution is -0.143. The number of carbonyl (C=O) groups is 2. The summed E-state index contributed by atoms with van der Waals surface area (Å²) in [4.78, 5) is 26.6. The average molecular weight is 270 g/mol. The van der Waals surface area contributed by atoms with E-state index in [0.29, 0.717) is 26.1 Å². The third kappa shape index (κ3) is 3.18. The van der Waals surface area contributed by atoms with Crippen LogP contribution < -0.4 is 0 Å². The summed E-state index contributed by atoms with van der Waals surface area (Å²) in [5, 5.41) is 18.9. The molecule has 0 aliphatic carbocycles. The molecule has 2 fully saturated rings. The summed E-state index contributed by atoms with van der Waals surface area (Å²) in [5.41, 5.74) is 0. The smallest absolute Gasteiger partial charge is 0.320 e. The van der Waals surface area contributed by atoms with Crippen LogP contribution in [0.2, 0.25) is 0 Å². The van der Waals surface area contributed by atoms with E-state index < -0.39 is 18.0 Å². The second kappa shape index (κ2) is 5.77. The van der Waals surface area contributed by atoms with Gasteiger partial charge in [0.2, 0.25) is 0 Å². The number of aliphatic carboxylic acids is 1. The van der Waals surface area contributed by atoms with E-state index in [-0.39, 0.29) is 18.5 Å². The molecule has 2 rings (SSSR count). The predicted molar refractivity (Wildman–Crippen MR) is 68.7 cm³/mol. The fraction of sp³-hybridized carbons (Fsp3) is 0.846. The highest BCUT2D eigenvalue weighted by molar-refractivity contribution is 5.76. The van der Waals surface area contributed by atoms with Crippen LogP contribution in [0.3, 0.4) is 0 Å². The molecular weight excluding hydrogens is 248 g/mol. The van der Waals surface area contributed by atoms with E-state index in [9.17, 15) is 14.7 Å². The van der Waals surface area contributed by atoms with E-state index >= 15 is 0 Å². The summed E-state index contributed by atoms with van der Waals surface area (Å²) < 4.78 is 0.